The van der Waals surface area contributed by atoms with Gasteiger partial charge in [-0.3, -0.25) is 0 Å². The van der Waals surface area contributed by atoms with E-state index in [9.17, 15) is 13.2 Å². The molecular formula is C19H23N3O3S. The standard InChI is InChI=1S/C19H23N3O3S/c1-4-13-5-7-14(8-6-13)18(12(2)3)22-26(24,25)15-9-10-16-17(11-15)21-19(23)20-16/h5-12,18,22H,4H2,1-3H3,(H2,20,21,23)/t18-/m0/s1. The first-order valence-corrected chi connectivity index (χ1v) is 10.1. The Bertz CT molecular complexity index is 1060. The van der Waals surface area contributed by atoms with Crippen LogP contribution in [0.15, 0.2) is 52.2 Å². The van der Waals surface area contributed by atoms with Gasteiger partial charge in [0.15, 0.2) is 0 Å². The van der Waals surface area contributed by atoms with Crippen molar-refractivity contribution in [1.82, 2.24) is 14.7 Å². The van der Waals surface area contributed by atoms with Gasteiger partial charge in [-0.25, -0.2) is 17.9 Å². The lowest BCUT2D eigenvalue weighted by Gasteiger charge is -2.23. The van der Waals surface area contributed by atoms with Crippen molar-refractivity contribution in [3.05, 3.63) is 64.1 Å². The molecule has 2 aromatic carbocycles. The fourth-order valence-corrected chi connectivity index (χ4v) is 4.36. The molecule has 0 spiro atoms. The third-order valence-electron chi connectivity index (χ3n) is 4.49. The van der Waals surface area contributed by atoms with Gasteiger partial charge in [-0.2, -0.15) is 0 Å². The number of aromatic amines is 2. The molecule has 0 saturated carbocycles. The van der Waals surface area contributed by atoms with Crippen molar-refractivity contribution in [2.24, 2.45) is 5.92 Å². The Balaban J connectivity index is 1.94. The van der Waals surface area contributed by atoms with Crippen molar-refractivity contribution in [1.29, 1.82) is 0 Å². The number of nitrogens with one attached hydrogen (secondary N) is 3. The molecule has 0 saturated heterocycles. The van der Waals surface area contributed by atoms with Crippen molar-refractivity contribution >= 4 is 21.1 Å². The maximum atomic E-state index is 12.9. The molecule has 26 heavy (non-hydrogen) atoms. The molecular weight excluding hydrogens is 350 g/mol. The molecule has 0 radical (unpaired) electrons. The summed E-state index contributed by atoms with van der Waals surface area (Å²) in [7, 11) is -3.74. The lowest BCUT2D eigenvalue weighted by Crippen LogP contribution is -2.31. The fourth-order valence-electron chi connectivity index (χ4n) is 2.96. The summed E-state index contributed by atoms with van der Waals surface area (Å²) in [5.74, 6) is 0.0769. The van der Waals surface area contributed by atoms with Crippen LogP contribution in [-0.2, 0) is 16.4 Å². The highest BCUT2D eigenvalue weighted by Gasteiger charge is 2.24. The number of hydrogen-bond donors (Lipinski definition) is 3. The molecule has 3 aromatic rings. The Morgan fingerprint density at radius 1 is 1.00 bits per heavy atom. The van der Waals surface area contributed by atoms with E-state index in [-0.39, 0.29) is 22.5 Å². The molecule has 3 rings (SSSR count). The molecule has 0 fully saturated rings. The summed E-state index contributed by atoms with van der Waals surface area (Å²) in [5.41, 5.74) is 2.81. The summed E-state index contributed by atoms with van der Waals surface area (Å²) in [6.07, 6.45) is 0.938. The Kier molecular flexibility index (Phi) is 5.02. The molecule has 138 valence electrons. The van der Waals surface area contributed by atoms with Crippen LogP contribution in [0.3, 0.4) is 0 Å². The maximum Gasteiger partial charge on any atom is 0.323 e. The molecule has 1 aromatic heterocycles. The summed E-state index contributed by atoms with van der Waals surface area (Å²) < 4.78 is 28.6. The smallest absolute Gasteiger partial charge is 0.306 e. The van der Waals surface area contributed by atoms with Gasteiger partial charge in [-0.1, -0.05) is 45.0 Å². The topological polar surface area (TPSA) is 94.8 Å². The third kappa shape index (κ3) is 3.73. The zero-order valence-electron chi connectivity index (χ0n) is 15.0. The van der Waals surface area contributed by atoms with Crippen LogP contribution >= 0.6 is 0 Å². The minimum Gasteiger partial charge on any atom is -0.306 e. The van der Waals surface area contributed by atoms with Gasteiger partial charge in [0, 0.05) is 6.04 Å². The minimum absolute atomic E-state index is 0.0769. The third-order valence-corrected chi connectivity index (χ3v) is 5.93. The fraction of sp³-hybridized carbons (Fsp3) is 0.316. The van der Waals surface area contributed by atoms with E-state index in [4.69, 9.17) is 0 Å². The van der Waals surface area contributed by atoms with Crippen molar-refractivity contribution in [3.63, 3.8) is 0 Å². The van der Waals surface area contributed by atoms with E-state index in [0.717, 1.165) is 12.0 Å². The lowest BCUT2D eigenvalue weighted by molar-refractivity contribution is 0.463. The van der Waals surface area contributed by atoms with E-state index in [0.29, 0.717) is 11.0 Å². The summed E-state index contributed by atoms with van der Waals surface area (Å²) >= 11 is 0. The van der Waals surface area contributed by atoms with Crippen molar-refractivity contribution < 1.29 is 8.42 Å². The summed E-state index contributed by atoms with van der Waals surface area (Å²) in [6.45, 7) is 6.04. The number of H-pyrrole nitrogens is 2. The molecule has 6 nitrogen and oxygen atoms in total. The lowest BCUT2D eigenvalue weighted by atomic mass is 9.96. The molecule has 0 unspecified atom stereocenters. The van der Waals surface area contributed by atoms with Crippen molar-refractivity contribution in [2.45, 2.75) is 38.1 Å². The number of rotatable bonds is 6. The summed E-state index contributed by atoms with van der Waals surface area (Å²) in [4.78, 5) is 16.7. The Morgan fingerprint density at radius 3 is 2.27 bits per heavy atom. The van der Waals surface area contributed by atoms with E-state index in [1.807, 2.05) is 38.1 Å². The van der Waals surface area contributed by atoms with Gasteiger partial charge in [0.2, 0.25) is 10.0 Å². The first-order chi connectivity index (χ1) is 12.3. The molecule has 0 amide bonds. The van der Waals surface area contributed by atoms with E-state index in [2.05, 4.69) is 21.6 Å². The second kappa shape index (κ2) is 7.09. The Morgan fingerprint density at radius 2 is 1.65 bits per heavy atom. The molecule has 0 aliphatic heterocycles. The van der Waals surface area contributed by atoms with Crippen LogP contribution < -0.4 is 10.4 Å². The van der Waals surface area contributed by atoms with Gasteiger partial charge < -0.3 is 9.97 Å². The van der Waals surface area contributed by atoms with Crippen LogP contribution in [-0.4, -0.2) is 18.4 Å². The number of sulfonamides is 1. The quantitative estimate of drug-likeness (QED) is 0.620. The average Bonchev–Trinajstić information content (AvgIpc) is 2.99. The van der Waals surface area contributed by atoms with Crippen LogP contribution in [0.4, 0.5) is 0 Å². The molecule has 7 heteroatoms. The van der Waals surface area contributed by atoms with E-state index in [1.54, 1.807) is 6.07 Å². The Hall–Kier alpha value is -2.38. The largest absolute Gasteiger partial charge is 0.323 e. The van der Waals surface area contributed by atoms with E-state index >= 15 is 0 Å². The SMILES string of the molecule is CCc1ccc([C@@H](NS(=O)(=O)c2ccc3[nH]c(=O)[nH]c3c2)C(C)C)cc1. The second-order valence-electron chi connectivity index (χ2n) is 6.72. The zero-order chi connectivity index (χ0) is 18.9. The highest BCUT2D eigenvalue weighted by atomic mass is 32.2. The van der Waals surface area contributed by atoms with Gasteiger partial charge in [-0.05, 0) is 41.7 Å². The summed E-state index contributed by atoms with van der Waals surface area (Å²) in [5, 5.41) is 0. The van der Waals surface area contributed by atoms with Crippen LogP contribution in [0.1, 0.15) is 37.9 Å². The average molecular weight is 373 g/mol. The van der Waals surface area contributed by atoms with Crippen LogP contribution in [0.2, 0.25) is 0 Å². The highest BCUT2D eigenvalue weighted by molar-refractivity contribution is 7.89. The minimum atomic E-state index is -3.74. The number of aryl methyl sites for hydroxylation is 1. The van der Waals surface area contributed by atoms with Gasteiger partial charge in [0.05, 0.1) is 15.9 Å². The predicted molar refractivity (Wildman–Crippen MR) is 103 cm³/mol. The number of imidazole rings is 1. The van der Waals surface area contributed by atoms with E-state index in [1.165, 1.54) is 17.7 Å². The van der Waals surface area contributed by atoms with Gasteiger partial charge in [0.25, 0.3) is 0 Å². The molecule has 1 heterocycles. The van der Waals surface area contributed by atoms with Crippen LogP contribution in [0, 0.1) is 5.92 Å². The number of hydrogen-bond acceptors (Lipinski definition) is 3. The second-order valence-corrected chi connectivity index (χ2v) is 8.44. The predicted octanol–water partition coefficient (Wildman–Crippen LogP) is 3.09. The first-order valence-electron chi connectivity index (χ1n) is 8.63. The van der Waals surface area contributed by atoms with Gasteiger partial charge in [0.1, 0.15) is 0 Å². The van der Waals surface area contributed by atoms with Gasteiger partial charge in [-0.15, -0.1) is 0 Å². The van der Waals surface area contributed by atoms with Crippen molar-refractivity contribution in [3.8, 4) is 0 Å². The van der Waals surface area contributed by atoms with E-state index < -0.39 is 10.0 Å². The summed E-state index contributed by atoms with van der Waals surface area (Å²) in [6, 6.07) is 12.2. The first kappa shape index (κ1) is 18.4. The maximum absolute atomic E-state index is 12.9. The molecule has 3 N–H and O–H groups in total. The number of fused-ring (bicyclic) bond motifs is 1. The number of aromatic nitrogens is 2. The Labute approximate surface area is 152 Å². The monoisotopic (exact) mass is 373 g/mol. The highest BCUT2D eigenvalue weighted by Crippen LogP contribution is 2.25. The number of benzene rings is 2. The molecule has 0 aliphatic carbocycles. The van der Waals surface area contributed by atoms with Crippen LogP contribution in [0.5, 0.6) is 0 Å². The molecule has 0 aliphatic rings. The molecule has 1 atom stereocenters. The normalized spacial score (nSPS) is 13.4. The van der Waals surface area contributed by atoms with Crippen LogP contribution in [0.25, 0.3) is 11.0 Å². The molecule has 0 bridgehead atoms. The van der Waals surface area contributed by atoms with Gasteiger partial charge >= 0.3 is 5.69 Å². The zero-order valence-corrected chi connectivity index (χ0v) is 15.9. The van der Waals surface area contributed by atoms with Crippen molar-refractivity contribution in [2.75, 3.05) is 0 Å².